The molecule has 3 heteroatoms. The standard InChI is InChI=1S/C16H11F3/c1-8-3-4-10-6-11-5-9(2)15(18)16(19)13(11)7-12(10)14(8)17/h3-7H,1-2H3. The zero-order valence-corrected chi connectivity index (χ0v) is 10.5. The minimum Gasteiger partial charge on any atom is -0.206 e. The molecular weight excluding hydrogens is 249 g/mol. The third-order valence-corrected chi connectivity index (χ3v) is 3.46. The van der Waals surface area contributed by atoms with Crippen molar-refractivity contribution in [1.29, 1.82) is 0 Å². The van der Waals surface area contributed by atoms with E-state index in [-0.39, 0.29) is 16.8 Å². The zero-order valence-electron chi connectivity index (χ0n) is 10.5. The van der Waals surface area contributed by atoms with Crippen LogP contribution in [-0.4, -0.2) is 0 Å². The Morgan fingerprint density at radius 3 is 2.05 bits per heavy atom. The van der Waals surface area contributed by atoms with E-state index in [1.54, 1.807) is 31.2 Å². The Labute approximate surface area is 108 Å². The molecule has 0 bridgehead atoms. The Morgan fingerprint density at radius 2 is 1.32 bits per heavy atom. The Hall–Kier alpha value is -2.03. The van der Waals surface area contributed by atoms with Crippen LogP contribution < -0.4 is 0 Å². The first kappa shape index (κ1) is 12.0. The first-order valence-corrected chi connectivity index (χ1v) is 5.96. The molecule has 0 N–H and O–H groups in total. The van der Waals surface area contributed by atoms with Crippen molar-refractivity contribution in [2.75, 3.05) is 0 Å². The second-order valence-electron chi connectivity index (χ2n) is 4.81. The van der Waals surface area contributed by atoms with E-state index in [1.807, 2.05) is 0 Å². The summed E-state index contributed by atoms with van der Waals surface area (Å²) >= 11 is 0. The minimum absolute atomic E-state index is 0.111. The lowest BCUT2D eigenvalue weighted by Gasteiger charge is -2.08. The van der Waals surface area contributed by atoms with Gasteiger partial charge in [-0.2, -0.15) is 0 Å². The molecule has 0 saturated carbocycles. The van der Waals surface area contributed by atoms with Crippen LogP contribution in [0.2, 0.25) is 0 Å². The van der Waals surface area contributed by atoms with Crippen LogP contribution in [0.25, 0.3) is 21.5 Å². The molecule has 96 valence electrons. The highest BCUT2D eigenvalue weighted by Crippen LogP contribution is 2.30. The molecule has 0 spiro atoms. The van der Waals surface area contributed by atoms with Crippen LogP contribution in [0.1, 0.15) is 11.1 Å². The molecule has 0 radical (unpaired) electrons. The van der Waals surface area contributed by atoms with Gasteiger partial charge in [0.15, 0.2) is 11.6 Å². The lowest BCUT2D eigenvalue weighted by atomic mass is 9.99. The number of fused-ring (bicyclic) bond motifs is 2. The molecule has 0 aliphatic heterocycles. The van der Waals surface area contributed by atoms with E-state index in [1.165, 1.54) is 13.0 Å². The topological polar surface area (TPSA) is 0 Å². The fourth-order valence-electron chi connectivity index (χ4n) is 2.36. The lowest BCUT2D eigenvalue weighted by molar-refractivity contribution is 0.511. The molecule has 0 fully saturated rings. The number of hydrogen-bond acceptors (Lipinski definition) is 0. The van der Waals surface area contributed by atoms with Crippen molar-refractivity contribution in [1.82, 2.24) is 0 Å². The van der Waals surface area contributed by atoms with Crippen molar-refractivity contribution in [2.45, 2.75) is 13.8 Å². The summed E-state index contributed by atoms with van der Waals surface area (Å²) in [5, 5.41) is 1.68. The van der Waals surface area contributed by atoms with E-state index in [0.29, 0.717) is 21.7 Å². The molecule has 19 heavy (non-hydrogen) atoms. The maximum atomic E-state index is 14.0. The van der Waals surface area contributed by atoms with Gasteiger partial charge in [0.05, 0.1) is 0 Å². The molecule has 0 aromatic heterocycles. The van der Waals surface area contributed by atoms with Gasteiger partial charge in [-0.05, 0) is 53.9 Å². The monoisotopic (exact) mass is 260 g/mol. The number of hydrogen-bond donors (Lipinski definition) is 0. The Morgan fingerprint density at radius 1 is 0.632 bits per heavy atom. The Bertz CT molecular complexity index is 819. The van der Waals surface area contributed by atoms with Crippen molar-refractivity contribution in [2.24, 2.45) is 0 Å². The highest BCUT2D eigenvalue weighted by molar-refractivity contribution is 5.99. The number of rotatable bonds is 0. The summed E-state index contributed by atoms with van der Waals surface area (Å²) in [4.78, 5) is 0. The van der Waals surface area contributed by atoms with Crippen LogP contribution in [0, 0.1) is 31.3 Å². The summed E-state index contributed by atoms with van der Waals surface area (Å²) in [7, 11) is 0. The van der Waals surface area contributed by atoms with Crippen LogP contribution in [0.3, 0.4) is 0 Å². The van der Waals surface area contributed by atoms with Crippen LogP contribution >= 0.6 is 0 Å². The van der Waals surface area contributed by atoms with Crippen molar-refractivity contribution < 1.29 is 13.2 Å². The average Bonchev–Trinajstić information content (AvgIpc) is 2.39. The fourth-order valence-corrected chi connectivity index (χ4v) is 2.36. The number of aryl methyl sites for hydroxylation is 2. The SMILES string of the molecule is Cc1cc2cc3ccc(C)c(F)c3cc2c(F)c1F. The van der Waals surface area contributed by atoms with Crippen LogP contribution in [-0.2, 0) is 0 Å². The summed E-state index contributed by atoms with van der Waals surface area (Å²) in [6.45, 7) is 3.16. The first-order valence-electron chi connectivity index (χ1n) is 5.96. The molecule has 0 heterocycles. The molecule has 3 rings (SSSR count). The first-order chi connectivity index (χ1) is 8.99. The summed E-state index contributed by atoms with van der Waals surface area (Å²) in [6, 6.07) is 8.10. The van der Waals surface area contributed by atoms with E-state index in [0.717, 1.165) is 0 Å². The molecule has 0 saturated heterocycles. The average molecular weight is 260 g/mol. The van der Waals surface area contributed by atoms with Crippen molar-refractivity contribution in [3.63, 3.8) is 0 Å². The fraction of sp³-hybridized carbons (Fsp3) is 0.125. The van der Waals surface area contributed by atoms with E-state index < -0.39 is 11.6 Å². The van der Waals surface area contributed by atoms with Crippen molar-refractivity contribution in [3.8, 4) is 0 Å². The molecule has 0 atom stereocenters. The molecule has 0 amide bonds. The van der Waals surface area contributed by atoms with Gasteiger partial charge >= 0.3 is 0 Å². The number of benzene rings is 3. The van der Waals surface area contributed by atoms with Gasteiger partial charge < -0.3 is 0 Å². The predicted octanol–water partition coefficient (Wildman–Crippen LogP) is 5.03. The number of halogens is 3. The molecule has 0 nitrogen and oxygen atoms in total. The molecule has 3 aromatic carbocycles. The minimum atomic E-state index is -0.919. The lowest BCUT2D eigenvalue weighted by Crippen LogP contribution is -1.93. The van der Waals surface area contributed by atoms with Gasteiger partial charge in [0.2, 0.25) is 0 Å². The third kappa shape index (κ3) is 1.69. The summed E-state index contributed by atoms with van der Waals surface area (Å²) in [6.07, 6.45) is 0. The van der Waals surface area contributed by atoms with E-state index in [9.17, 15) is 13.2 Å². The van der Waals surface area contributed by atoms with Crippen LogP contribution in [0.15, 0.2) is 30.3 Å². The Kier molecular flexibility index (Phi) is 2.52. The van der Waals surface area contributed by atoms with Crippen LogP contribution in [0.4, 0.5) is 13.2 Å². The van der Waals surface area contributed by atoms with Gasteiger partial charge in [0.1, 0.15) is 5.82 Å². The predicted molar refractivity (Wildman–Crippen MR) is 70.8 cm³/mol. The second kappa shape index (κ2) is 3.98. The highest BCUT2D eigenvalue weighted by atomic mass is 19.2. The summed E-state index contributed by atoms with van der Waals surface area (Å²) < 4.78 is 41.5. The highest BCUT2D eigenvalue weighted by Gasteiger charge is 2.13. The van der Waals surface area contributed by atoms with Gasteiger partial charge in [-0.3, -0.25) is 0 Å². The maximum Gasteiger partial charge on any atom is 0.166 e. The third-order valence-electron chi connectivity index (χ3n) is 3.46. The van der Waals surface area contributed by atoms with Gasteiger partial charge in [0.25, 0.3) is 0 Å². The largest absolute Gasteiger partial charge is 0.206 e. The van der Waals surface area contributed by atoms with Crippen molar-refractivity contribution in [3.05, 3.63) is 58.9 Å². The van der Waals surface area contributed by atoms with Gasteiger partial charge in [-0.1, -0.05) is 12.1 Å². The van der Waals surface area contributed by atoms with Crippen LogP contribution in [0.5, 0.6) is 0 Å². The normalized spacial score (nSPS) is 11.4. The van der Waals surface area contributed by atoms with E-state index >= 15 is 0 Å². The van der Waals surface area contributed by atoms with Gasteiger partial charge in [-0.25, -0.2) is 13.2 Å². The summed E-state index contributed by atoms with van der Waals surface area (Å²) in [5.74, 6) is -2.18. The van der Waals surface area contributed by atoms with E-state index in [2.05, 4.69) is 0 Å². The van der Waals surface area contributed by atoms with Crippen molar-refractivity contribution >= 4 is 21.5 Å². The molecule has 3 aromatic rings. The zero-order chi connectivity index (χ0) is 13.7. The maximum absolute atomic E-state index is 14.0. The van der Waals surface area contributed by atoms with Gasteiger partial charge in [-0.15, -0.1) is 0 Å². The molecule has 0 aliphatic carbocycles. The second-order valence-corrected chi connectivity index (χ2v) is 4.81. The molecular formula is C16H11F3. The smallest absolute Gasteiger partial charge is 0.166 e. The Balaban J connectivity index is 2.53. The quantitative estimate of drug-likeness (QED) is 0.497. The molecule has 0 unspecified atom stereocenters. The van der Waals surface area contributed by atoms with E-state index in [4.69, 9.17) is 0 Å². The molecule has 0 aliphatic rings. The summed E-state index contributed by atoms with van der Waals surface area (Å²) in [5.41, 5.74) is 0.733. The van der Waals surface area contributed by atoms with Gasteiger partial charge in [0, 0.05) is 10.8 Å².